The van der Waals surface area contributed by atoms with Gasteiger partial charge in [0.2, 0.25) is 5.91 Å². The highest BCUT2D eigenvalue weighted by Gasteiger charge is 2.36. The number of rotatable bonds is 4. The Labute approximate surface area is 175 Å². The molecular formula is C21H20F3N3O4. The number of halogens is 3. The first-order valence-electron chi connectivity index (χ1n) is 9.75. The first-order chi connectivity index (χ1) is 14.6. The number of amides is 1. The topological polar surface area (TPSA) is 91.8 Å². The molecule has 0 radical (unpaired) electrons. The average molecular weight is 435 g/mol. The molecule has 1 aromatic carbocycles. The summed E-state index contributed by atoms with van der Waals surface area (Å²) >= 11 is 0. The maximum Gasteiger partial charge on any atom is 0.417 e. The van der Waals surface area contributed by atoms with Crippen molar-refractivity contribution in [2.75, 3.05) is 23.3 Å². The summed E-state index contributed by atoms with van der Waals surface area (Å²) in [5, 5.41) is 13.5. The van der Waals surface area contributed by atoms with Gasteiger partial charge in [0.15, 0.2) is 0 Å². The first kappa shape index (κ1) is 21.1. The molecule has 0 saturated carbocycles. The number of fused-ring (bicyclic) bond motifs is 1. The van der Waals surface area contributed by atoms with E-state index in [2.05, 4.69) is 10.3 Å². The molecule has 1 aromatic heterocycles. The molecule has 1 saturated heterocycles. The standard InChI is InChI=1S/C21H20F3N3O4/c22-21(23,24)14-2-4-17(25-12-14)27-7-5-20(30,6-8-27)11-18(28)26-15-3-1-13-9-19(29)31-16(13)10-15/h1-4,10,12,30H,5-9,11H2,(H,26,28). The predicted octanol–water partition coefficient (Wildman–Crippen LogP) is 2.92. The fourth-order valence-corrected chi connectivity index (χ4v) is 3.76. The number of alkyl halides is 3. The minimum Gasteiger partial charge on any atom is -0.426 e. The predicted molar refractivity (Wildman–Crippen MR) is 105 cm³/mol. The van der Waals surface area contributed by atoms with Crippen LogP contribution < -0.4 is 15.0 Å². The Hall–Kier alpha value is -3.14. The second-order valence-corrected chi connectivity index (χ2v) is 7.81. The summed E-state index contributed by atoms with van der Waals surface area (Å²) < 4.78 is 43.1. The lowest BCUT2D eigenvalue weighted by Gasteiger charge is -2.38. The Balaban J connectivity index is 1.32. The van der Waals surface area contributed by atoms with Crippen molar-refractivity contribution < 1.29 is 32.6 Å². The van der Waals surface area contributed by atoms with E-state index >= 15 is 0 Å². The highest BCUT2D eigenvalue weighted by molar-refractivity contribution is 5.92. The highest BCUT2D eigenvalue weighted by atomic mass is 19.4. The van der Waals surface area contributed by atoms with Crippen molar-refractivity contribution in [2.45, 2.75) is 37.5 Å². The van der Waals surface area contributed by atoms with Gasteiger partial charge in [-0.1, -0.05) is 6.07 Å². The van der Waals surface area contributed by atoms with Crippen LogP contribution in [0.2, 0.25) is 0 Å². The van der Waals surface area contributed by atoms with Gasteiger partial charge in [0.05, 0.1) is 24.0 Å². The Morgan fingerprint density at radius 2 is 1.97 bits per heavy atom. The second-order valence-electron chi connectivity index (χ2n) is 7.81. The summed E-state index contributed by atoms with van der Waals surface area (Å²) in [6, 6.07) is 7.23. The Bertz CT molecular complexity index is 1000. The van der Waals surface area contributed by atoms with Gasteiger partial charge in [-0.15, -0.1) is 0 Å². The van der Waals surface area contributed by atoms with Crippen LogP contribution in [0.25, 0.3) is 0 Å². The lowest BCUT2D eigenvalue weighted by molar-refractivity contribution is -0.138. The zero-order valence-corrected chi connectivity index (χ0v) is 16.4. The molecule has 10 heteroatoms. The third kappa shape index (κ3) is 4.79. The number of aromatic nitrogens is 1. The molecule has 1 fully saturated rings. The number of esters is 1. The smallest absolute Gasteiger partial charge is 0.417 e. The van der Waals surface area contributed by atoms with Gasteiger partial charge in [0.1, 0.15) is 11.6 Å². The van der Waals surface area contributed by atoms with E-state index in [-0.39, 0.29) is 37.6 Å². The van der Waals surface area contributed by atoms with Gasteiger partial charge in [-0.3, -0.25) is 9.59 Å². The molecule has 31 heavy (non-hydrogen) atoms. The zero-order valence-electron chi connectivity index (χ0n) is 16.4. The number of hydrogen-bond donors (Lipinski definition) is 2. The van der Waals surface area contributed by atoms with E-state index in [0.717, 1.165) is 17.8 Å². The van der Waals surface area contributed by atoms with Crippen molar-refractivity contribution >= 4 is 23.4 Å². The molecule has 0 spiro atoms. The van der Waals surface area contributed by atoms with Crippen LogP contribution in [-0.4, -0.2) is 40.7 Å². The largest absolute Gasteiger partial charge is 0.426 e. The van der Waals surface area contributed by atoms with Crippen LogP contribution in [0.5, 0.6) is 5.75 Å². The molecule has 164 valence electrons. The molecule has 0 bridgehead atoms. The van der Waals surface area contributed by atoms with Gasteiger partial charge >= 0.3 is 12.1 Å². The van der Waals surface area contributed by atoms with Crippen molar-refractivity contribution in [3.63, 3.8) is 0 Å². The summed E-state index contributed by atoms with van der Waals surface area (Å²) in [6.45, 7) is 0.716. The van der Waals surface area contributed by atoms with Crippen LogP contribution in [0, 0.1) is 0 Å². The molecule has 0 atom stereocenters. The maximum atomic E-state index is 12.7. The summed E-state index contributed by atoms with van der Waals surface area (Å²) in [5.41, 5.74) is -0.822. The van der Waals surface area contributed by atoms with E-state index in [1.54, 1.807) is 23.1 Å². The number of nitrogens with one attached hydrogen (secondary N) is 1. The molecule has 1 amide bonds. The van der Waals surface area contributed by atoms with Gasteiger partial charge in [-0.2, -0.15) is 13.2 Å². The number of piperidine rings is 1. The molecule has 0 aliphatic carbocycles. The van der Waals surface area contributed by atoms with Gasteiger partial charge < -0.3 is 20.1 Å². The fourth-order valence-electron chi connectivity index (χ4n) is 3.76. The minimum absolute atomic E-state index is 0.127. The maximum absolute atomic E-state index is 12.7. The highest BCUT2D eigenvalue weighted by Crippen LogP contribution is 2.32. The van der Waals surface area contributed by atoms with Crippen molar-refractivity contribution in [1.82, 2.24) is 4.98 Å². The summed E-state index contributed by atoms with van der Waals surface area (Å²) in [7, 11) is 0. The molecule has 2 N–H and O–H groups in total. The average Bonchev–Trinajstić information content (AvgIpc) is 3.07. The molecular weight excluding hydrogens is 415 g/mol. The van der Waals surface area contributed by atoms with Gasteiger partial charge in [-0.25, -0.2) is 4.98 Å². The van der Waals surface area contributed by atoms with E-state index in [4.69, 9.17) is 4.74 Å². The lowest BCUT2D eigenvalue weighted by atomic mass is 9.88. The Morgan fingerprint density at radius 3 is 2.61 bits per heavy atom. The lowest BCUT2D eigenvalue weighted by Crippen LogP contribution is -2.46. The van der Waals surface area contributed by atoms with E-state index in [0.29, 0.717) is 30.3 Å². The zero-order chi connectivity index (χ0) is 22.2. The van der Waals surface area contributed by atoms with E-state index < -0.39 is 17.3 Å². The second kappa shape index (κ2) is 7.84. The summed E-state index contributed by atoms with van der Waals surface area (Å²) in [6.07, 6.45) is -3.04. The van der Waals surface area contributed by atoms with Crippen molar-refractivity contribution in [3.8, 4) is 5.75 Å². The number of carbonyl (C=O) groups excluding carboxylic acids is 2. The van der Waals surface area contributed by atoms with E-state index in [1.165, 1.54) is 6.07 Å². The van der Waals surface area contributed by atoms with Crippen LogP contribution in [-0.2, 0) is 22.2 Å². The molecule has 3 heterocycles. The number of aliphatic hydroxyl groups is 1. The number of hydrogen-bond acceptors (Lipinski definition) is 6. The van der Waals surface area contributed by atoms with Crippen molar-refractivity contribution in [3.05, 3.63) is 47.7 Å². The summed E-state index contributed by atoms with van der Waals surface area (Å²) in [4.78, 5) is 29.4. The number of anilines is 2. The minimum atomic E-state index is -4.44. The third-order valence-corrected chi connectivity index (χ3v) is 5.49. The molecule has 2 aromatic rings. The number of nitrogens with zero attached hydrogens (tertiary/aromatic N) is 2. The SMILES string of the molecule is O=C(CC1(O)CCN(c2ccc(C(F)(F)F)cn2)CC1)Nc1ccc2c(c1)OC(=O)C2. The summed E-state index contributed by atoms with van der Waals surface area (Å²) in [5.74, 6) is 0.0843. The molecule has 2 aliphatic heterocycles. The van der Waals surface area contributed by atoms with Crippen molar-refractivity contribution in [1.29, 1.82) is 0 Å². The van der Waals surface area contributed by atoms with Crippen LogP contribution in [0.3, 0.4) is 0 Å². The fraction of sp³-hybridized carbons (Fsp3) is 0.381. The van der Waals surface area contributed by atoms with Crippen LogP contribution in [0.1, 0.15) is 30.4 Å². The third-order valence-electron chi connectivity index (χ3n) is 5.49. The normalized spacial score (nSPS) is 17.8. The molecule has 7 nitrogen and oxygen atoms in total. The van der Waals surface area contributed by atoms with Gasteiger partial charge in [-0.05, 0) is 31.0 Å². The Kier molecular flexibility index (Phi) is 5.34. The van der Waals surface area contributed by atoms with E-state index in [9.17, 15) is 27.9 Å². The first-order valence-corrected chi connectivity index (χ1v) is 9.75. The molecule has 4 rings (SSSR count). The Morgan fingerprint density at radius 1 is 1.23 bits per heavy atom. The van der Waals surface area contributed by atoms with Crippen molar-refractivity contribution in [2.24, 2.45) is 0 Å². The van der Waals surface area contributed by atoms with Crippen LogP contribution in [0.15, 0.2) is 36.5 Å². The number of pyridine rings is 1. The monoisotopic (exact) mass is 435 g/mol. The number of carbonyl (C=O) groups is 2. The molecule has 0 unspecified atom stereocenters. The number of benzene rings is 1. The van der Waals surface area contributed by atoms with Gasteiger partial charge in [0.25, 0.3) is 0 Å². The number of ether oxygens (including phenoxy) is 1. The molecule has 2 aliphatic rings. The quantitative estimate of drug-likeness (QED) is 0.567. The van der Waals surface area contributed by atoms with Crippen LogP contribution in [0.4, 0.5) is 24.7 Å². The van der Waals surface area contributed by atoms with E-state index in [1.807, 2.05) is 0 Å². The van der Waals surface area contributed by atoms with Gasteiger partial charge in [0, 0.05) is 36.6 Å². The van der Waals surface area contributed by atoms with Crippen LogP contribution >= 0.6 is 0 Å².